The number of rotatable bonds is 6. The van der Waals surface area contributed by atoms with Crippen molar-refractivity contribution in [3.05, 3.63) is 90.6 Å². The Bertz CT molecular complexity index is 1100. The highest BCUT2D eigenvalue weighted by Gasteiger charge is 2.11. The standard InChI is InChI=1S/C24H21N3O2/c1-28-22-12-8-18(9-13-22)24-19(16-25-20-10-14-23(29-2)15-11-20)17-27(26-24)21-6-4-3-5-7-21/h3-17H,1-2H3. The lowest BCUT2D eigenvalue weighted by molar-refractivity contribution is 0.415. The summed E-state index contributed by atoms with van der Waals surface area (Å²) in [5.41, 5.74) is 4.62. The van der Waals surface area contributed by atoms with E-state index in [1.54, 1.807) is 14.2 Å². The molecule has 0 fully saturated rings. The van der Waals surface area contributed by atoms with Gasteiger partial charge in [0.25, 0.3) is 0 Å². The second kappa shape index (κ2) is 8.44. The van der Waals surface area contributed by atoms with Crippen LogP contribution in [0.4, 0.5) is 5.69 Å². The van der Waals surface area contributed by atoms with Crippen LogP contribution in [-0.4, -0.2) is 30.2 Å². The summed E-state index contributed by atoms with van der Waals surface area (Å²) in [4.78, 5) is 4.62. The molecule has 144 valence electrons. The van der Waals surface area contributed by atoms with Gasteiger partial charge < -0.3 is 9.47 Å². The maximum Gasteiger partial charge on any atom is 0.119 e. The fraction of sp³-hybridized carbons (Fsp3) is 0.0833. The Balaban J connectivity index is 1.73. The zero-order valence-corrected chi connectivity index (χ0v) is 16.3. The number of aliphatic imine (C=N–C) groups is 1. The maximum absolute atomic E-state index is 5.27. The van der Waals surface area contributed by atoms with Crippen molar-refractivity contribution in [2.45, 2.75) is 0 Å². The van der Waals surface area contributed by atoms with Crippen molar-refractivity contribution in [3.8, 4) is 28.4 Å². The maximum atomic E-state index is 5.27. The lowest BCUT2D eigenvalue weighted by atomic mass is 10.1. The quantitative estimate of drug-likeness (QED) is 0.424. The van der Waals surface area contributed by atoms with E-state index in [1.165, 1.54) is 0 Å². The van der Waals surface area contributed by atoms with Crippen molar-refractivity contribution in [2.75, 3.05) is 14.2 Å². The number of benzene rings is 3. The molecule has 29 heavy (non-hydrogen) atoms. The number of aromatic nitrogens is 2. The number of para-hydroxylation sites is 1. The van der Waals surface area contributed by atoms with Gasteiger partial charge in [0.15, 0.2) is 0 Å². The summed E-state index contributed by atoms with van der Waals surface area (Å²) >= 11 is 0. The Morgan fingerprint density at radius 3 is 2.03 bits per heavy atom. The summed E-state index contributed by atoms with van der Waals surface area (Å²) in [6.07, 6.45) is 3.83. The Morgan fingerprint density at radius 2 is 1.41 bits per heavy atom. The fourth-order valence-corrected chi connectivity index (χ4v) is 2.98. The lowest BCUT2D eigenvalue weighted by Crippen LogP contribution is -1.94. The summed E-state index contributed by atoms with van der Waals surface area (Å²) in [6.45, 7) is 0. The molecule has 5 nitrogen and oxygen atoms in total. The van der Waals surface area contributed by atoms with Crippen LogP contribution < -0.4 is 9.47 Å². The second-order valence-corrected chi connectivity index (χ2v) is 6.40. The van der Waals surface area contributed by atoms with Crippen LogP contribution in [-0.2, 0) is 0 Å². The van der Waals surface area contributed by atoms with Crippen molar-refractivity contribution in [3.63, 3.8) is 0 Å². The van der Waals surface area contributed by atoms with E-state index in [1.807, 2.05) is 96.0 Å². The third-order valence-electron chi connectivity index (χ3n) is 4.55. The minimum atomic E-state index is 0.805. The largest absolute Gasteiger partial charge is 0.497 e. The number of hydrogen-bond acceptors (Lipinski definition) is 4. The molecule has 0 aliphatic carbocycles. The van der Waals surface area contributed by atoms with Crippen molar-refractivity contribution in [2.24, 2.45) is 4.99 Å². The minimum Gasteiger partial charge on any atom is -0.497 e. The van der Waals surface area contributed by atoms with Gasteiger partial charge in [-0.3, -0.25) is 4.99 Å². The van der Waals surface area contributed by atoms with Gasteiger partial charge in [-0.15, -0.1) is 0 Å². The summed E-state index contributed by atoms with van der Waals surface area (Å²) in [7, 11) is 3.31. The molecule has 4 rings (SSSR count). The molecule has 0 aliphatic rings. The van der Waals surface area contributed by atoms with E-state index in [0.29, 0.717) is 0 Å². The van der Waals surface area contributed by atoms with E-state index in [-0.39, 0.29) is 0 Å². The highest BCUT2D eigenvalue weighted by Crippen LogP contribution is 2.26. The minimum absolute atomic E-state index is 0.805. The molecule has 0 saturated heterocycles. The van der Waals surface area contributed by atoms with E-state index in [2.05, 4.69) is 4.99 Å². The number of nitrogens with zero attached hydrogens (tertiary/aromatic N) is 3. The highest BCUT2D eigenvalue weighted by molar-refractivity contribution is 5.90. The van der Waals surface area contributed by atoms with Crippen LogP contribution in [0, 0.1) is 0 Å². The smallest absolute Gasteiger partial charge is 0.119 e. The van der Waals surface area contributed by atoms with E-state index >= 15 is 0 Å². The van der Waals surface area contributed by atoms with Gasteiger partial charge in [0.1, 0.15) is 17.2 Å². The van der Waals surface area contributed by atoms with Crippen LogP contribution >= 0.6 is 0 Å². The molecule has 0 saturated carbocycles. The van der Waals surface area contributed by atoms with Crippen LogP contribution in [0.5, 0.6) is 11.5 Å². The van der Waals surface area contributed by atoms with Crippen molar-refractivity contribution >= 4 is 11.9 Å². The molecule has 3 aromatic carbocycles. The molecule has 0 atom stereocenters. The van der Waals surface area contributed by atoms with Gasteiger partial charge in [-0.05, 0) is 60.7 Å². The van der Waals surface area contributed by atoms with Crippen molar-refractivity contribution in [1.29, 1.82) is 0 Å². The first-order valence-electron chi connectivity index (χ1n) is 9.24. The lowest BCUT2D eigenvalue weighted by Gasteiger charge is -2.02. The van der Waals surface area contributed by atoms with Crippen LogP contribution in [0.15, 0.2) is 90.1 Å². The average Bonchev–Trinajstić information content (AvgIpc) is 3.23. The van der Waals surface area contributed by atoms with Crippen LogP contribution in [0.2, 0.25) is 0 Å². The number of methoxy groups -OCH3 is 2. The molecule has 0 unspecified atom stereocenters. The van der Waals surface area contributed by atoms with Gasteiger partial charge >= 0.3 is 0 Å². The molecule has 0 bridgehead atoms. The Labute approximate surface area is 169 Å². The summed E-state index contributed by atoms with van der Waals surface area (Å²) < 4.78 is 12.3. The normalized spacial score (nSPS) is 11.0. The van der Waals surface area contributed by atoms with E-state index in [4.69, 9.17) is 14.6 Å². The molecule has 0 aliphatic heterocycles. The SMILES string of the molecule is COc1ccc(N=Cc2cn(-c3ccccc3)nc2-c2ccc(OC)cc2)cc1. The zero-order chi connectivity index (χ0) is 20.1. The third-order valence-corrected chi connectivity index (χ3v) is 4.55. The van der Waals surface area contributed by atoms with Gasteiger partial charge in [0.05, 0.1) is 25.6 Å². The second-order valence-electron chi connectivity index (χ2n) is 6.40. The topological polar surface area (TPSA) is 48.6 Å². The van der Waals surface area contributed by atoms with Gasteiger partial charge in [0.2, 0.25) is 0 Å². The van der Waals surface area contributed by atoms with Crippen LogP contribution in [0.1, 0.15) is 5.56 Å². The molecule has 1 heterocycles. The summed E-state index contributed by atoms with van der Waals surface area (Å²) in [5, 5.41) is 4.81. The fourth-order valence-electron chi connectivity index (χ4n) is 2.98. The molecule has 1 aromatic heterocycles. The van der Waals surface area contributed by atoms with Gasteiger partial charge in [0, 0.05) is 23.5 Å². The van der Waals surface area contributed by atoms with E-state index in [9.17, 15) is 0 Å². The molecular weight excluding hydrogens is 362 g/mol. The molecule has 0 amide bonds. The van der Waals surface area contributed by atoms with Gasteiger partial charge in [-0.25, -0.2) is 4.68 Å². The molecule has 5 heteroatoms. The molecule has 4 aromatic rings. The average molecular weight is 383 g/mol. The number of ether oxygens (including phenoxy) is 2. The van der Waals surface area contributed by atoms with E-state index < -0.39 is 0 Å². The Morgan fingerprint density at radius 1 is 0.793 bits per heavy atom. The Hall–Kier alpha value is -3.86. The van der Waals surface area contributed by atoms with Gasteiger partial charge in [-0.1, -0.05) is 18.2 Å². The zero-order valence-electron chi connectivity index (χ0n) is 16.3. The number of hydrogen-bond donors (Lipinski definition) is 0. The molecule has 0 N–H and O–H groups in total. The first-order valence-corrected chi connectivity index (χ1v) is 9.24. The predicted octanol–water partition coefficient (Wildman–Crippen LogP) is 5.31. The van der Waals surface area contributed by atoms with Crippen molar-refractivity contribution in [1.82, 2.24) is 9.78 Å². The third kappa shape index (κ3) is 4.19. The first-order chi connectivity index (χ1) is 14.3. The van der Waals surface area contributed by atoms with Crippen LogP contribution in [0.25, 0.3) is 16.9 Å². The summed E-state index contributed by atoms with van der Waals surface area (Å²) in [5.74, 6) is 1.62. The monoisotopic (exact) mass is 383 g/mol. The van der Waals surface area contributed by atoms with Crippen molar-refractivity contribution < 1.29 is 9.47 Å². The summed E-state index contributed by atoms with van der Waals surface area (Å²) in [6, 6.07) is 25.5. The van der Waals surface area contributed by atoms with E-state index in [0.717, 1.165) is 39.7 Å². The predicted molar refractivity (Wildman–Crippen MR) is 116 cm³/mol. The van der Waals surface area contributed by atoms with Gasteiger partial charge in [-0.2, -0.15) is 5.10 Å². The first kappa shape index (κ1) is 18.5. The molecule has 0 spiro atoms. The van der Waals surface area contributed by atoms with Crippen LogP contribution in [0.3, 0.4) is 0 Å². The highest BCUT2D eigenvalue weighted by atomic mass is 16.5. The molecule has 0 radical (unpaired) electrons. The molecular formula is C24H21N3O2. The Kier molecular flexibility index (Phi) is 5.38.